The molecule has 6 nitrogen and oxygen atoms in total. The molecule has 1 spiro atoms. The number of rotatable bonds is 3. The highest BCUT2D eigenvalue weighted by Crippen LogP contribution is 2.47. The van der Waals surface area contributed by atoms with Crippen molar-refractivity contribution in [2.24, 2.45) is 10.4 Å². The second kappa shape index (κ2) is 7.46. The molecule has 7 heteroatoms. The molecule has 0 radical (unpaired) electrons. The van der Waals surface area contributed by atoms with E-state index in [1.807, 2.05) is 6.07 Å². The molecule has 0 amide bonds. The van der Waals surface area contributed by atoms with Crippen LogP contribution in [0, 0.1) is 15.5 Å². The van der Waals surface area contributed by atoms with Crippen molar-refractivity contribution in [1.82, 2.24) is 10.2 Å². The molecule has 1 aliphatic carbocycles. The maximum absolute atomic E-state index is 11.1. The molecule has 1 N–H and O–H groups in total. The van der Waals surface area contributed by atoms with Crippen LogP contribution in [0.3, 0.4) is 0 Å². The van der Waals surface area contributed by atoms with Crippen LogP contribution >= 0.6 is 24.0 Å². The molecule has 2 fully saturated rings. The van der Waals surface area contributed by atoms with Crippen LogP contribution in [0.2, 0.25) is 0 Å². The van der Waals surface area contributed by atoms with Gasteiger partial charge in [0.25, 0.3) is 5.69 Å². The highest BCUT2D eigenvalue weighted by molar-refractivity contribution is 14.0. The van der Waals surface area contributed by atoms with Gasteiger partial charge in [0.15, 0.2) is 5.96 Å². The Hall–Kier alpha value is -1.38. The second-order valence-corrected chi connectivity index (χ2v) is 6.31. The summed E-state index contributed by atoms with van der Waals surface area (Å²) in [6.45, 7) is 2.51. The monoisotopic (exact) mass is 430 g/mol. The Labute approximate surface area is 153 Å². The van der Waals surface area contributed by atoms with Crippen molar-refractivity contribution in [1.29, 1.82) is 0 Å². The molecule has 0 bridgehead atoms. The molecule has 0 atom stereocenters. The topological polar surface area (TPSA) is 70.8 Å². The van der Waals surface area contributed by atoms with Crippen LogP contribution in [0.15, 0.2) is 29.3 Å². The molecule has 1 aromatic rings. The van der Waals surface area contributed by atoms with Crippen LogP contribution < -0.4 is 5.32 Å². The molecule has 1 aliphatic heterocycles. The first-order valence-corrected chi connectivity index (χ1v) is 7.81. The minimum Gasteiger partial charge on any atom is -0.352 e. The fourth-order valence-corrected chi connectivity index (χ4v) is 3.55. The van der Waals surface area contributed by atoms with Gasteiger partial charge in [-0.05, 0) is 24.7 Å². The lowest BCUT2D eigenvalue weighted by atomic mass is 9.68. The largest absolute Gasteiger partial charge is 0.352 e. The molecule has 1 heterocycles. The molecule has 1 saturated heterocycles. The first kappa shape index (κ1) is 18.0. The minimum absolute atomic E-state index is 0. The van der Waals surface area contributed by atoms with Crippen LogP contribution in [-0.2, 0) is 6.54 Å². The summed E-state index contributed by atoms with van der Waals surface area (Å²) in [6.07, 6.45) is 5.23. The van der Waals surface area contributed by atoms with Crippen LogP contribution in [0.1, 0.15) is 31.2 Å². The van der Waals surface area contributed by atoms with Gasteiger partial charge in [0.2, 0.25) is 0 Å². The van der Waals surface area contributed by atoms with Crippen molar-refractivity contribution in [3.63, 3.8) is 0 Å². The average Bonchev–Trinajstić information content (AvgIpc) is 2.94. The van der Waals surface area contributed by atoms with Gasteiger partial charge in [0, 0.05) is 38.3 Å². The van der Waals surface area contributed by atoms with Gasteiger partial charge in [-0.2, -0.15) is 0 Å². The van der Waals surface area contributed by atoms with Crippen molar-refractivity contribution >= 4 is 35.6 Å². The third kappa shape index (κ3) is 3.76. The van der Waals surface area contributed by atoms with E-state index >= 15 is 0 Å². The van der Waals surface area contributed by atoms with E-state index in [4.69, 9.17) is 0 Å². The van der Waals surface area contributed by atoms with Gasteiger partial charge in [0.1, 0.15) is 0 Å². The number of likely N-dealkylation sites (tertiary alicyclic amines) is 1. The van der Waals surface area contributed by atoms with Crippen molar-refractivity contribution < 1.29 is 4.92 Å². The molecule has 1 saturated carbocycles. The maximum Gasteiger partial charge on any atom is 0.274 e. The molecular formula is C16H23IN4O2. The Bertz CT molecular complexity index is 601. The number of nitrogens with one attached hydrogen (secondary N) is 1. The highest BCUT2D eigenvalue weighted by Gasteiger charge is 2.43. The Morgan fingerprint density at radius 1 is 1.39 bits per heavy atom. The number of hydrogen-bond acceptors (Lipinski definition) is 3. The number of hydrogen-bond donors (Lipinski definition) is 1. The van der Waals surface area contributed by atoms with Crippen LogP contribution in [0.4, 0.5) is 5.69 Å². The van der Waals surface area contributed by atoms with Gasteiger partial charge in [-0.3, -0.25) is 15.1 Å². The Kier molecular flexibility index (Phi) is 5.83. The zero-order valence-electron chi connectivity index (χ0n) is 13.3. The summed E-state index contributed by atoms with van der Waals surface area (Å²) in [6, 6.07) is 6.85. The van der Waals surface area contributed by atoms with Crippen molar-refractivity contribution in [2.45, 2.75) is 32.2 Å². The lowest BCUT2D eigenvalue weighted by Crippen LogP contribution is -2.42. The summed E-state index contributed by atoms with van der Waals surface area (Å²) in [5.41, 5.74) is 1.35. The summed E-state index contributed by atoms with van der Waals surface area (Å²) in [5.74, 6) is 0.849. The molecule has 0 aromatic heterocycles. The number of nitro benzene ring substituents is 1. The molecular weight excluding hydrogens is 407 g/mol. The van der Waals surface area contributed by atoms with E-state index in [1.54, 1.807) is 25.2 Å². The quantitative estimate of drug-likeness (QED) is 0.263. The van der Waals surface area contributed by atoms with E-state index < -0.39 is 0 Å². The third-order valence-electron chi connectivity index (χ3n) is 4.99. The summed E-state index contributed by atoms with van der Waals surface area (Å²) in [5, 5.41) is 14.3. The van der Waals surface area contributed by atoms with Gasteiger partial charge in [-0.1, -0.05) is 24.6 Å². The minimum atomic E-state index is -0.334. The smallest absolute Gasteiger partial charge is 0.274 e. The molecule has 2 aliphatic rings. The molecule has 3 rings (SSSR count). The number of nitro groups is 1. The van der Waals surface area contributed by atoms with E-state index in [-0.39, 0.29) is 34.6 Å². The van der Waals surface area contributed by atoms with Crippen LogP contribution in [0.25, 0.3) is 0 Å². The highest BCUT2D eigenvalue weighted by atomic mass is 127. The van der Waals surface area contributed by atoms with Gasteiger partial charge in [0.05, 0.1) is 4.92 Å². The fourth-order valence-electron chi connectivity index (χ4n) is 3.55. The van der Waals surface area contributed by atoms with E-state index in [9.17, 15) is 10.1 Å². The van der Waals surface area contributed by atoms with Gasteiger partial charge in [-0.15, -0.1) is 24.0 Å². The molecule has 126 valence electrons. The maximum atomic E-state index is 11.1. The summed E-state index contributed by atoms with van der Waals surface area (Å²) in [7, 11) is 1.77. The van der Waals surface area contributed by atoms with Crippen molar-refractivity contribution in [3.8, 4) is 0 Å². The average molecular weight is 430 g/mol. The zero-order valence-corrected chi connectivity index (χ0v) is 15.7. The first-order chi connectivity index (χ1) is 10.6. The van der Waals surface area contributed by atoms with Crippen molar-refractivity contribution in [3.05, 3.63) is 39.9 Å². The van der Waals surface area contributed by atoms with Crippen LogP contribution in [0.5, 0.6) is 0 Å². The SMILES string of the molecule is CN=C(NCc1ccccc1[N+](=O)[O-])N1CCC2(CCC2)C1.I. The number of benzene rings is 1. The zero-order chi connectivity index (χ0) is 15.6. The van der Waals surface area contributed by atoms with E-state index in [2.05, 4.69) is 15.2 Å². The standard InChI is InChI=1S/C16H22N4O2.HI/c1-17-15(19-10-9-16(12-19)7-4-8-16)18-11-13-5-2-3-6-14(13)20(21)22;/h2-3,5-6H,4,7-12H2,1H3,(H,17,18);1H. The fraction of sp³-hybridized carbons (Fsp3) is 0.562. The summed E-state index contributed by atoms with van der Waals surface area (Å²) >= 11 is 0. The summed E-state index contributed by atoms with van der Waals surface area (Å²) in [4.78, 5) is 17.4. The lowest BCUT2D eigenvalue weighted by molar-refractivity contribution is -0.385. The third-order valence-corrected chi connectivity index (χ3v) is 4.99. The number of para-hydroxylation sites is 1. The Morgan fingerprint density at radius 2 is 2.13 bits per heavy atom. The molecule has 1 aromatic carbocycles. The molecule has 23 heavy (non-hydrogen) atoms. The van der Waals surface area contributed by atoms with Crippen molar-refractivity contribution in [2.75, 3.05) is 20.1 Å². The second-order valence-electron chi connectivity index (χ2n) is 6.31. The molecule has 0 unspecified atom stereocenters. The lowest BCUT2D eigenvalue weighted by Gasteiger charge is -2.38. The van der Waals surface area contributed by atoms with Gasteiger partial charge in [-0.25, -0.2) is 0 Å². The van der Waals surface area contributed by atoms with Crippen LogP contribution in [-0.4, -0.2) is 35.9 Å². The van der Waals surface area contributed by atoms with E-state index in [0.29, 0.717) is 17.5 Å². The number of nitrogens with zero attached hydrogens (tertiary/aromatic N) is 3. The Morgan fingerprint density at radius 3 is 2.70 bits per heavy atom. The number of aliphatic imine (C=N–C) groups is 1. The first-order valence-electron chi connectivity index (χ1n) is 7.81. The predicted octanol–water partition coefficient (Wildman–Crippen LogP) is 3.16. The Balaban J connectivity index is 0.00000192. The predicted molar refractivity (Wildman–Crippen MR) is 101 cm³/mol. The van der Waals surface area contributed by atoms with E-state index in [0.717, 1.165) is 19.0 Å². The summed E-state index contributed by atoms with van der Waals surface area (Å²) < 4.78 is 0. The van der Waals surface area contributed by atoms with Gasteiger partial charge < -0.3 is 10.2 Å². The van der Waals surface area contributed by atoms with Gasteiger partial charge >= 0.3 is 0 Å². The normalized spacial score (nSPS) is 19.2. The van der Waals surface area contributed by atoms with E-state index in [1.165, 1.54) is 25.7 Å². The number of guanidine groups is 1. The number of halogens is 1.